The number of fused-ring (bicyclic) bond motifs is 8. The van der Waals surface area contributed by atoms with Crippen LogP contribution in [0.15, 0.2) is 164 Å². The first-order chi connectivity index (χ1) is 24.2. The van der Waals surface area contributed by atoms with Crippen molar-refractivity contribution in [2.45, 2.75) is 0 Å². The average Bonchev–Trinajstić information content (AvgIpc) is 3.81. The molecule has 0 N–H and O–H groups in total. The molecule has 0 radical (unpaired) electrons. The normalized spacial score (nSPS) is 11.8. The third-order valence-electron chi connectivity index (χ3n) is 9.35. The van der Waals surface area contributed by atoms with Gasteiger partial charge in [-0.25, -0.2) is 4.39 Å². The van der Waals surface area contributed by atoms with Crippen LogP contribution in [0, 0.1) is 5.82 Å². The number of nitrogens with zero attached hydrogens (tertiary/aromatic N) is 3. The number of aromatic nitrogens is 2. The van der Waals surface area contributed by atoms with E-state index in [2.05, 4.69) is 148 Å². The van der Waals surface area contributed by atoms with Crippen LogP contribution in [-0.2, 0) is 0 Å². The van der Waals surface area contributed by atoms with Gasteiger partial charge in [0, 0.05) is 72.3 Å². The molecule has 0 aliphatic heterocycles. The van der Waals surface area contributed by atoms with Crippen molar-refractivity contribution in [3.8, 4) is 11.4 Å². The van der Waals surface area contributed by atoms with Gasteiger partial charge in [0.15, 0.2) is 12.4 Å². The lowest BCUT2D eigenvalue weighted by Gasteiger charge is -2.25. The minimum atomic E-state index is -0.241. The zero-order chi connectivity index (χ0) is 32.5. The lowest BCUT2D eigenvalue weighted by Crippen LogP contribution is -2.29. The van der Waals surface area contributed by atoms with Crippen molar-refractivity contribution >= 4 is 91.1 Å². The molecule has 0 unspecified atom stereocenters. The maximum absolute atomic E-state index is 13.9. The van der Waals surface area contributed by atoms with Crippen molar-refractivity contribution in [1.82, 2.24) is 4.57 Å². The van der Waals surface area contributed by atoms with Gasteiger partial charge in [-0.1, -0.05) is 60.7 Å². The first-order valence-corrected chi connectivity index (χ1v) is 17.8. The largest absolute Gasteiger partial charge is 0.310 e. The third-order valence-corrected chi connectivity index (χ3v) is 11.9. The Morgan fingerprint density at radius 1 is 0.490 bits per heavy atom. The fourth-order valence-corrected chi connectivity index (χ4v) is 9.77. The van der Waals surface area contributed by atoms with Gasteiger partial charge in [0.05, 0.1) is 26.1 Å². The number of thiophene rings is 2. The van der Waals surface area contributed by atoms with Crippen LogP contribution in [0.5, 0.6) is 0 Å². The molecule has 3 nitrogen and oxygen atoms in total. The van der Waals surface area contributed by atoms with Gasteiger partial charge in [-0.2, -0.15) is 4.57 Å². The van der Waals surface area contributed by atoms with E-state index < -0.39 is 0 Å². The van der Waals surface area contributed by atoms with Crippen molar-refractivity contribution in [2.75, 3.05) is 4.90 Å². The van der Waals surface area contributed by atoms with Crippen molar-refractivity contribution in [3.05, 3.63) is 170 Å². The van der Waals surface area contributed by atoms with Gasteiger partial charge in [-0.05, 0) is 66.7 Å². The quantitative estimate of drug-likeness (QED) is 0.166. The summed E-state index contributed by atoms with van der Waals surface area (Å²) in [6, 6.07) is 52.2. The molecule has 0 fully saturated rings. The molecule has 0 amide bonds. The highest BCUT2D eigenvalue weighted by atomic mass is 32.1. The monoisotopic (exact) mass is 668 g/mol. The van der Waals surface area contributed by atoms with Crippen LogP contribution >= 0.6 is 22.7 Å². The maximum atomic E-state index is 13.9. The molecule has 0 saturated carbocycles. The highest BCUT2D eigenvalue weighted by molar-refractivity contribution is 7.36. The SMILES string of the molecule is Fc1ccc(-n2c3ccccc3c3cc(N(c4cc[n+](-c5ccccc5)cc4)c4ccc5c(c4)sc4c6ccccc6sc54)ccc32)cc1. The van der Waals surface area contributed by atoms with Crippen molar-refractivity contribution in [2.24, 2.45) is 0 Å². The Morgan fingerprint density at radius 3 is 1.94 bits per heavy atom. The second kappa shape index (κ2) is 11.1. The molecule has 0 atom stereocenters. The predicted molar refractivity (Wildman–Crippen MR) is 205 cm³/mol. The van der Waals surface area contributed by atoms with Crippen LogP contribution in [0.1, 0.15) is 0 Å². The molecule has 232 valence electrons. The number of rotatable bonds is 5. The van der Waals surface area contributed by atoms with E-state index in [1.54, 1.807) is 0 Å². The van der Waals surface area contributed by atoms with Crippen LogP contribution < -0.4 is 9.47 Å². The summed E-state index contributed by atoms with van der Waals surface area (Å²) in [6.07, 6.45) is 4.25. The minimum absolute atomic E-state index is 0.241. The summed E-state index contributed by atoms with van der Waals surface area (Å²) < 4.78 is 23.6. The Balaban J connectivity index is 1.17. The molecule has 6 heteroatoms. The van der Waals surface area contributed by atoms with Crippen LogP contribution in [0.2, 0.25) is 0 Å². The van der Waals surface area contributed by atoms with Gasteiger partial charge in [0.25, 0.3) is 0 Å². The first kappa shape index (κ1) is 28.2. The summed E-state index contributed by atoms with van der Waals surface area (Å²) in [6.45, 7) is 0. The molecule has 0 aliphatic rings. The molecule has 4 heterocycles. The maximum Gasteiger partial charge on any atom is 0.210 e. The van der Waals surface area contributed by atoms with Gasteiger partial charge in [0.2, 0.25) is 5.69 Å². The zero-order valence-electron chi connectivity index (χ0n) is 26.1. The van der Waals surface area contributed by atoms with Crippen molar-refractivity contribution < 1.29 is 8.96 Å². The highest BCUT2D eigenvalue weighted by Crippen LogP contribution is 2.46. The van der Waals surface area contributed by atoms with Crippen LogP contribution in [0.25, 0.3) is 62.8 Å². The first-order valence-electron chi connectivity index (χ1n) is 16.2. The number of halogens is 1. The topological polar surface area (TPSA) is 12.1 Å². The van der Waals surface area contributed by atoms with Crippen molar-refractivity contribution in [1.29, 1.82) is 0 Å². The van der Waals surface area contributed by atoms with E-state index in [9.17, 15) is 4.39 Å². The number of pyridine rings is 1. The van der Waals surface area contributed by atoms with Crippen LogP contribution in [0.3, 0.4) is 0 Å². The van der Waals surface area contributed by atoms with E-state index in [0.717, 1.165) is 50.2 Å². The Bertz CT molecular complexity index is 2830. The lowest BCUT2D eigenvalue weighted by atomic mass is 10.1. The molecule has 0 spiro atoms. The summed E-state index contributed by atoms with van der Waals surface area (Å²) in [4.78, 5) is 2.35. The van der Waals surface area contributed by atoms with Crippen molar-refractivity contribution in [3.63, 3.8) is 0 Å². The smallest absolute Gasteiger partial charge is 0.210 e. The molecule has 6 aromatic carbocycles. The zero-order valence-corrected chi connectivity index (χ0v) is 27.8. The summed E-state index contributed by atoms with van der Waals surface area (Å²) >= 11 is 3.75. The molecule has 0 bridgehead atoms. The van der Waals surface area contributed by atoms with Gasteiger partial charge in [0.1, 0.15) is 5.82 Å². The van der Waals surface area contributed by atoms with Gasteiger partial charge >= 0.3 is 0 Å². The molecule has 10 aromatic rings. The fourth-order valence-electron chi connectivity index (χ4n) is 7.09. The molecular formula is C43H27FN3S2+. The Hall–Kier alpha value is -5.82. The Kier molecular flexibility index (Phi) is 6.41. The van der Waals surface area contributed by atoms with Gasteiger partial charge < -0.3 is 9.47 Å². The Morgan fingerprint density at radius 2 is 1.12 bits per heavy atom. The molecule has 49 heavy (non-hydrogen) atoms. The van der Waals surface area contributed by atoms with Crippen LogP contribution in [-0.4, -0.2) is 4.57 Å². The third kappa shape index (κ3) is 4.56. The Labute approximate surface area is 289 Å². The fraction of sp³-hybridized carbons (Fsp3) is 0. The van der Waals surface area contributed by atoms with E-state index in [-0.39, 0.29) is 5.82 Å². The van der Waals surface area contributed by atoms with E-state index in [1.807, 2.05) is 40.9 Å². The van der Waals surface area contributed by atoms with Crippen LogP contribution in [0.4, 0.5) is 21.5 Å². The molecule has 10 rings (SSSR count). The molecular weight excluding hydrogens is 642 g/mol. The highest BCUT2D eigenvalue weighted by Gasteiger charge is 2.20. The number of anilines is 3. The minimum Gasteiger partial charge on any atom is -0.310 e. The van der Waals surface area contributed by atoms with E-state index in [1.165, 1.54) is 41.7 Å². The van der Waals surface area contributed by atoms with E-state index >= 15 is 0 Å². The predicted octanol–water partition coefficient (Wildman–Crippen LogP) is 12.3. The molecule has 0 saturated heterocycles. The number of para-hydroxylation sites is 2. The number of hydrogen-bond acceptors (Lipinski definition) is 3. The summed E-state index contributed by atoms with van der Waals surface area (Å²) in [7, 11) is 0. The summed E-state index contributed by atoms with van der Waals surface area (Å²) in [5, 5.41) is 4.93. The van der Waals surface area contributed by atoms with Gasteiger partial charge in [-0.3, -0.25) is 0 Å². The average molecular weight is 669 g/mol. The van der Waals surface area contributed by atoms with Gasteiger partial charge in [-0.15, -0.1) is 22.7 Å². The standard InChI is InChI=1S/C43H27FN3S2/c44-28-14-16-30(17-15-28)47-38-12-6-4-10-34(38)37-26-32(19-21-39(37)47)46(31-22-24-45(25-23-31)29-8-2-1-3-9-29)33-18-20-36-41(27-33)49-42-35-11-5-7-13-40(35)48-43(36)42/h1-27H/q+1. The van der Waals surface area contributed by atoms with E-state index in [0.29, 0.717) is 0 Å². The van der Waals surface area contributed by atoms with E-state index in [4.69, 9.17) is 0 Å². The second-order valence-corrected chi connectivity index (χ2v) is 14.3. The summed E-state index contributed by atoms with van der Waals surface area (Å²) in [5.74, 6) is -0.241. The lowest BCUT2D eigenvalue weighted by molar-refractivity contribution is -0.595. The molecule has 0 aliphatic carbocycles. The second-order valence-electron chi connectivity index (χ2n) is 12.2. The number of hydrogen-bond donors (Lipinski definition) is 0. The molecule has 4 aromatic heterocycles. The summed E-state index contributed by atoms with van der Waals surface area (Å²) in [5.41, 5.74) is 7.44. The number of benzene rings is 6.